The van der Waals surface area contributed by atoms with Gasteiger partial charge < -0.3 is 5.11 Å². The molecule has 0 aliphatic heterocycles. The van der Waals surface area contributed by atoms with Crippen LogP contribution in [0.4, 0.5) is 0 Å². The second kappa shape index (κ2) is 8.16. The first-order valence-electron chi connectivity index (χ1n) is 9.65. The Balaban J connectivity index is 1.56. The Hall–Kier alpha value is -4.17. The number of pyridine rings is 4. The lowest BCUT2D eigenvalue weighted by molar-refractivity contribution is 0.0699. The Morgan fingerprint density at radius 2 is 1.69 bits per heavy atom. The summed E-state index contributed by atoms with van der Waals surface area (Å²) < 4.78 is 1.68. The fraction of sp³-hybridized carbons (Fsp3) is 0.0435. The molecule has 0 atom stereocenters. The second-order valence-corrected chi connectivity index (χ2v) is 7.44. The molecule has 0 unspecified atom stereocenters. The van der Waals surface area contributed by atoms with Gasteiger partial charge in [0.25, 0.3) is 0 Å². The fourth-order valence-electron chi connectivity index (χ4n) is 3.39. The van der Waals surface area contributed by atoms with Crippen LogP contribution in [0.15, 0.2) is 73.4 Å². The van der Waals surface area contributed by atoms with Crippen molar-refractivity contribution in [1.29, 1.82) is 0 Å². The molecule has 0 amide bonds. The van der Waals surface area contributed by atoms with Gasteiger partial charge in [-0.05, 0) is 48.0 Å². The molecule has 8 nitrogen and oxygen atoms in total. The molecule has 0 saturated carbocycles. The zero-order valence-corrected chi connectivity index (χ0v) is 17.3. The maximum absolute atomic E-state index is 11.9. The van der Waals surface area contributed by atoms with Crippen molar-refractivity contribution >= 4 is 28.6 Å². The van der Waals surface area contributed by atoms with Gasteiger partial charge in [0.2, 0.25) is 0 Å². The fourth-order valence-corrected chi connectivity index (χ4v) is 3.50. The first-order chi connectivity index (χ1) is 15.6. The van der Waals surface area contributed by atoms with E-state index in [0.717, 1.165) is 16.8 Å². The topological polar surface area (TPSA) is 107 Å². The number of aromatic carboxylic acids is 1. The third kappa shape index (κ3) is 3.79. The van der Waals surface area contributed by atoms with Crippen molar-refractivity contribution in [2.45, 2.75) is 6.54 Å². The highest BCUT2D eigenvalue weighted by Crippen LogP contribution is 2.26. The van der Waals surface area contributed by atoms with Crippen LogP contribution in [0, 0.1) is 0 Å². The molecule has 5 heterocycles. The van der Waals surface area contributed by atoms with Gasteiger partial charge in [-0.3, -0.25) is 9.97 Å². The van der Waals surface area contributed by atoms with Gasteiger partial charge in [-0.1, -0.05) is 11.6 Å². The lowest BCUT2D eigenvalue weighted by Gasteiger charge is -2.08. The zero-order valence-electron chi connectivity index (χ0n) is 16.6. The molecule has 9 heteroatoms. The highest BCUT2D eigenvalue weighted by Gasteiger charge is 2.17. The molecule has 0 spiro atoms. The van der Waals surface area contributed by atoms with E-state index in [4.69, 9.17) is 16.6 Å². The van der Waals surface area contributed by atoms with Crippen LogP contribution in [0.1, 0.15) is 15.9 Å². The van der Waals surface area contributed by atoms with Crippen LogP contribution in [0.2, 0.25) is 5.15 Å². The van der Waals surface area contributed by atoms with Crippen molar-refractivity contribution in [1.82, 2.24) is 29.7 Å². The minimum atomic E-state index is -1.04. The van der Waals surface area contributed by atoms with Crippen LogP contribution in [0.25, 0.3) is 33.5 Å². The van der Waals surface area contributed by atoms with Crippen molar-refractivity contribution in [3.8, 4) is 22.5 Å². The molecule has 0 saturated heterocycles. The summed E-state index contributed by atoms with van der Waals surface area (Å²) in [6.45, 7) is 0.447. The van der Waals surface area contributed by atoms with Crippen LogP contribution < -0.4 is 0 Å². The molecular weight excluding hydrogens is 428 g/mol. The largest absolute Gasteiger partial charge is 0.478 e. The number of rotatable bonds is 5. The van der Waals surface area contributed by atoms with Gasteiger partial charge in [-0.2, -0.15) is 5.10 Å². The second-order valence-electron chi connectivity index (χ2n) is 7.06. The Kier molecular flexibility index (Phi) is 5.04. The third-order valence-corrected chi connectivity index (χ3v) is 5.23. The number of fused-ring (bicyclic) bond motifs is 1. The van der Waals surface area contributed by atoms with Gasteiger partial charge in [0, 0.05) is 35.9 Å². The number of halogens is 1. The van der Waals surface area contributed by atoms with E-state index < -0.39 is 5.97 Å². The van der Waals surface area contributed by atoms with Crippen LogP contribution in [0.3, 0.4) is 0 Å². The number of hydrogen-bond donors (Lipinski definition) is 1. The average Bonchev–Trinajstić information content (AvgIpc) is 3.22. The molecule has 0 fully saturated rings. The van der Waals surface area contributed by atoms with Crippen molar-refractivity contribution in [2.24, 2.45) is 0 Å². The molecule has 1 N–H and O–H groups in total. The monoisotopic (exact) mass is 442 g/mol. The number of carbonyl (C=O) groups is 1. The van der Waals surface area contributed by atoms with Crippen LogP contribution in [-0.4, -0.2) is 40.8 Å². The van der Waals surface area contributed by atoms with Gasteiger partial charge in [-0.15, -0.1) is 0 Å². The van der Waals surface area contributed by atoms with Gasteiger partial charge >= 0.3 is 5.97 Å². The van der Waals surface area contributed by atoms with Gasteiger partial charge in [-0.25, -0.2) is 19.4 Å². The van der Waals surface area contributed by atoms with Crippen molar-refractivity contribution in [2.75, 3.05) is 0 Å². The van der Waals surface area contributed by atoms with E-state index in [1.165, 1.54) is 6.20 Å². The molecule has 0 aromatic carbocycles. The Bertz CT molecular complexity index is 1420. The Morgan fingerprint density at radius 1 is 0.938 bits per heavy atom. The molecule has 32 heavy (non-hydrogen) atoms. The SMILES string of the molecule is O=C(O)c1cc(-c2ccc(-c3ccc(Cl)nc3)nc2)nc2c1cnn2Cc1ccncc1. The lowest BCUT2D eigenvalue weighted by atomic mass is 10.1. The summed E-state index contributed by atoms with van der Waals surface area (Å²) in [4.78, 5) is 29.2. The standard InChI is InChI=1S/C23H15ClN6O2/c24-21-4-2-15(11-27-21)19-3-1-16(10-26-19)20-9-17(23(31)32)18-12-28-30(22(18)29-20)13-14-5-7-25-8-6-14/h1-12H,13H2,(H,31,32). The van der Waals surface area contributed by atoms with E-state index in [-0.39, 0.29) is 5.56 Å². The number of hydrogen-bond acceptors (Lipinski definition) is 6. The summed E-state index contributed by atoms with van der Waals surface area (Å²) in [5.41, 5.74) is 4.35. The van der Waals surface area contributed by atoms with E-state index in [9.17, 15) is 9.90 Å². The van der Waals surface area contributed by atoms with Crippen LogP contribution >= 0.6 is 11.6 Å². The predicted octanol–water partition coefficient (Wildman–Crippen LogP) is 4.35. The Morgan fingerprint density at radius 3 is 2.38 bits per heavy atom. The molecule has 0 radical (unpaired) electrons. The maximum Gasteiger partial charge on any atom is 0.336 e. The van der Waals surface area contributed by atoms with E-state index in [1.54, 1.807) is 41.6 Å². The molecule has 0 aliphatic carbocycles. The summed E-state index contributed by atoms with van der Waals surface area (Å²) in [5.74, 6) is -1.04. The number of nitrogens with zero attached hydrogens (tertiary/aromatic N) is 6. The first kappa shape index (κ1) is 19.8. The van der Waals surface area contributed by atoms with E-state index in [0.29, 0.717) is 34.0 Å². The predicted molar refractivity (Wildman–Crippen MR) is 119 cm³/mol. The highest BCUT2D eigenvalue weighted by atomic mass is 35.5. The highest BCUT2D eigenvalue weighted by molar-refractivity contribution is 6.29. The van der Waals surface area contributed by atoms with Crippen molar-refractivity contribution < 1.29 is 9.90 Å². The number of carboxylic acid groups (broad SMARTS) is 1. The van der Waals surface area contributed by atoms with E-state index >= 15 is 0 Å². The van der Waals surface area contributed by atoms with Gasteiger partial charge in [0.15, 0.2) is 5.65 Å². The quantitative estimate of drug-likeness (QED) is 0.403. The normalized spacial score (nSPS) is 11.0. The zero-order chi connectivity index (χ0) is 22.1. The summed E-state index contributed by atoms with van der Waals surface area (Å²) >= 11 is 5.85. The first-order valence-corrected chi connectivity index (χ1v) is 10.0. The Labute approximate surface area is 187 Å². The number of carboxylic acids is 1. The lowest BCUT2D eigenvalue weighted by Crippen LogP contribution is -2.05. The molecule has 156 valence electrons. The molecule has 0 bridgehead atoms. The summed E-state index contributed by atoms with van der Waals surface area (Å²) in [5, 5.41) is 15.0. The molecule has 5 rings (SSSR count). The minimum absolute atomic E-state index is 0.136. The van der Waals surface area contributed by atoms with Crippen LogP contribution in [0.5, 0.6) is 0 Å². The molecule has 0 aliphatic rings. The summed E-state index contributed by atoms with van der Waals surface area (Å²) in [6, 6.07) is 12.5. The summed E-state index contributed by atoms with van der Waals surface area (Å²) in [6.07, 6.45) is 8.24. The van der Waals surface area contributed by atoms with E-state index in [1.807, 2.05) is 30.3 Å². The maximum atomic E-state index is 11.9. The smallest absolute Gasteiger partial charge is 0.336 e. The number of aromatic nitrogens is 6. The van der Waals surface area contributed by atoms with Crippen molar-refractivity contribution in [3.05, 3.63) is 89.7 Å². The molecule has 5 aromatic heterocycles. The van der Waals surface area contributed by atoms with E-state index in [2.05, 4.69) is 20.1 Å². The molecular formula is C23H15ClN6O2. The third-order valence-electron chi connectivity index (χ3n) is 5.00. The van der Waals surface area contributed by atoms with Gasteiger partial charge in [0.05, 0.1) is 35.1 Å². The molecule has 5 aromatic rings. The van der Waals surface area contributed by atoms with Crippen LogP contribution in [-0.2, 0) is 6.54 Å². The minimum Gasteiger partial charge on any atom is -0.478 e. The summed E-state index contributed by atoms with van der Waals surface area (Å²) in [7, 11) is 0. The van der Waals surface area contributed by atoms with Crippen molar-refractivity contribution in [3.63, 3.8) is 0 Å². The average molecular weight is 443 g/mol. The van der Waals surface area contributed by atoms with Gasteiger partial charge in [0.1, 0.15) is 5.15 Å².